The number of hydrogen-bond donors (Lipinski definition) is 0. The molecule has 1 heterocycles. The van der Waals surface area contributed by atoms with E-state index in [1.165, 1.54) is 7.11 Å². The van der Waals surface area contributed by atoms with Gasteiger partial charge in [0, 0.05) is 21.5 Å². The van der Waals surface area contributed by atoms with Gasteiger partial charge in [-0.15, -0.1) is 0 Å². The number of aromatic nitrogens is 1. The van der Waals surface area contributed by atoms with Gasteiger partial charge in [-0.2, -0.15) is 0 Å². The molecule has 1 aromatic heterocycles. The molecule has 0 aliphatic carbocycles. The van der Waals surface area contributed by atoms with Gasteiger partial charge in [-0.05, 0) is 48.2 Å². The van der Waals surface area contributed by atoms with Crippen LogP contribution in [-0.2, 0) is 17.8 Å². The van der Waals surface area contributed by atoms with Crippen molar-refractivity contribution < 1.29 is 14.3 Å². The van der Waals surface area contributed by atoms with E-state index in [-0.39, 0.29) is 5.69 Å². The van der Waals surface area contributed by atoms with Crippen LogP contribution in [0.15, 0.2) is 72.8 Å². The van der Waals surface area contributed by atoms with Crippen LogP contribution in [0.3, 0.4) is 0 Å². The molecule has 4 aromatic rings. The molecule has 4 rings (SSSR count). The Hall–Kier alpha value is -3.37. The molecule has 0 fully saturated rings. The maximum atomic E-state index is 12.4. The van der Waals surface area contributed by atoms with Crippen molar-refractivity contribution in [3.05, 3.63) is 106 Å². The van der Waals surface area contributed by atoms with Gasteiger partial charge in [0.25, 0.3) is 0 Å². The zero-order valence-corrected chi connectivity index (χ0v) is 18.1. The Kier molecular flexibility index (Phi) is 6.19. The van der Waals surface area contributed by atoms with E-state index >= 15 is 0 Å². The number of fused-ring (bicyclic) bond motifs is 1. The Morgan fingerprint density at radius 3 is 2.39 bits per heavy atom. The molecule has 0 unspecified atom stereocenters. The Balaban J connectivity index is 1.75. The SMILES string of the molecule is COC(=O)c1nc(C)c2cc(Cc3cccc(Cl)c3)ccc2c1OCc1ccccc1. The third-order valence-electron chi connectivity index (χ3n) is 5.11. The number of benzene rings is 3. The van der Waals surface area contributed by atoms with Gasteiger partial charge in [0.05, 0.1) is 7.11 Å². The second kappa shape index (κ2) is 9.19. The number of aryl methyl sites for hydroxylation is 1. The highest BCUT2D eigenvalue weighted by atomic mass is 35.5. The van der Waals surface area contributed by atoms with Crippen molar-refractivity contribution in [2.45, 2.75) is 20.0 Å². The number of carbonyl (C=O) groups is 1. The fourth-order valence-corrected chi connectivity index (χ4v) is 3.81. The van der Waals surface area contributed by atoms with Gasteiger partial charge in [-0.25, -0.2) is 9.78 Å². The van der Waals surface area contributed by atoms with Gasteiger partial charge in [-0.3, -0.25) is 0 Å². The monoisotopic (exact) mass is 431 g/mol. The van der Waals surface area contributed by atoms with Crippen molar-refractivity contribution in [2.24, 2.45) is 0 Å². The number of halogens is 1. The molecule has 0 aliphatic heterocycles. The molecule has 0 spiro atoms. The standard InChI is InChI=1S/C26H22ClNO3/c1-17-23-15-20(13-19-9-6-10-21(27)14-19)11-12-22(23)25(24(28-17)26(29)30-2)31-16-18-7-4-3-5-8-18/h3-12,14-15H,13,16H2,1-2H3. The van der Waals surface area contributed by atoms with E-state index in [4.69, 9.17) is 21.1 Å². The predicted octanol–water partition coefficient (Wildman–Crippen LogP) is 6.15. The maximum absolute atomic E-state index is 12.4. The first kappa shape index (κ1) is 20.9. The Morgan fingerprint density at radius 1 is 0.903 bits per heavy atom. The van der Waals surface area contributed by atoms with Gasteiger partial charge in [0.1, 0.15) is 6.61 Å². The molecule has 4 nitrogen and oxygen atoms in total. The summed E-state index contributed by atoms with van der Waals surface area (Å²) in [6.45, 7) is 2.22. The van der Waals surface area contributed by atoms with Crippen LogP contribution in [0.1, 0.15) is 32.9 Å². The lowest BCUT2D eigenvalue weighted by molar-refractivity contribution is 0.0588. The molecule has 0 amide bonds. The third kappa shape index (κ3) is 4.70. The summed E-state index contributed by atoms with van der Waals surface area (Å²) in [4.78, 5) is 16.9. The third-order valence-corrected chi connectivity index (χ3v) is 5.35. The van der Waals surface area contributed by atoms with Crippen molar-refractivity contribution in [3.63, 3.8) is 0 Å². The molecule has 156 valence electrons. The smallest absolute Gasteiger partial charge is 0.360 e. The highest BCUT2D eigenvalue weighted by molar-refractivity contribution is 6.30. The van der Waals surface area contributed by atoms with Crippen LogP contribution in [0, 0.1) is 6.92 Å². The minimum absolute atomic E-state index is 0.186. The summed E-state index contributed by atoms with van der Waals surface area (Å²) in [6, 6.07) is 23.8. The number of ether oxygens (including phenoxy) is 2. The lowest BCUT2D eigenvalue weighted by Crippen LogP contribution is -2.10. The second-order valence-corrected chi connectivity index (χ2v) is 7.76. The molecular weight excluding hydrogens is 410 g/mol. The highest BCUT2D eigenvalue weighted by Crippen LogP contribution is 2.33. The van der Waals surface area contributed by atoms with Crippen LogP contribution in [0.25, 0.3) is 10.8 Å². The van der Waals surface area contributed by atoms with Crippen molar-refractivity contribution >= 4 is 28.3 Å². The van der Waals surface area contributed by atoms with Gasteiger partial charge < -0.3 is 9.47 Å². The summed E-state index contributed by atoms with van der Waals surface area (Å²) in [7, 11) is 1.35. The van der Waals surface area contributed by atoms with Crippen molar-refractivity contribution in [2.75, 3.05) is 7.11 Å². The summed E-state index contributed by atoms with van der Waals surface area (Å²) < 4.78 is 11.1. The van der Waals surface area contributed by atoms with E-state index in [1.54, 1.807) is 0 Å². The van der Waals surface area contributed by atoms with Crippen LogP contribution in [0.2, 0.25) is 5.02 Å². The predicted molar refractivity (Wildman–Crippen MR) is 123 cm³/mol. The summed E-state index contributed by atoms with van der Waals surface area (Å²) >= 11 is 6.13. The van der Waals surface area contributed by atoms with E-state index in [2.05, 4.69) is 17.1 Å². The number of hydrogen-bond acceptors (Lipinski definition) is 4. The molecule has 0 bridgehead atoms. The quantitative estimate of drug-likeness (QED) is 0.343. The first-order valence-electron chi connectivity index (χ1n) is 9.98. The summed E-state index contributed by atoms with van der Waals surface area (Å²) in [5, 5.41) is 2.49. The Morgan fingerprint density at radius 2 is 1.65 bits per heavy atom. The largest absolute Gasteiger partial charge is 0.486 e. The van der Waals surface area contributed by atoms with Gasteiger partial charge in [-0.1, -0.05) is 66.2 Å². The molecule has 3 aromatic carbocycles. The minimum atomic E-state index is -0.518. The molecule has 0 saturated heterocycles. The molecule has 5 heteroatoms. The highest BCUT2D eigenvalue weighted by Gasteiger charge is 2.21. The van der Waals surface area contributed by atoms with Crippen LogP contribution >= 0.6 is 11.6 Å². The van der Waals surface area contributed by atoms with E-state index < -0.39 is 5.97 Å². The zero-order valence-electron chi connectivity index (χ0n) is 17.4. The number of esters is 1. The number of rotatable bonds is 6. The topological polar surface area (TPSA) is 48.4 Å². The molecule has 0 radical (unpaired) electrons. The van der Waals surface area contributed by atoms with Crippen LogP contribution in [-0.4, -0.2) is 18.1 Å². The van der Waals surface area contributed by atoms with Crippen LogP contribution < -0.4 is 4.74 Å². The van der Waals surface area contributed by atoms with Gasteiger partial charge >= 0.3 is 5.97 Å². The first-order valence-corrected chi connectivity index (χ1v) is 10.4. The first-order chi connectivity index (χ1) is 15.0. The molecule has 31 heavy (non-hydrogen) atoms. The van der Waals surface area contributed by atoms with Crippen LogP contribution in [0.5, 0.6) is 5.75 Å². The molecular formula is C26H22ClNO3. The van der Waals surface area contributed by atoms with E-state index in [1.807, 2.05) is 67.6 Å². The maximum Gasteiger partial charge on any atom is 0.360 e. The average Bonchev–Trinajstić information content (AvgIpc) is 2.78. The minimum Gasteiger partial charge on any atom is -0.486 e. The lowest BCUT2D eigenvalue weighted by Gasteiger charge is -2.15. The zero-order chi connectivity index (χ0) is 21.8. The number of methoxy groups -OCH3 is 1. The van der Waals surface area contributed by atoms with Crippen LogP contribution in [0.4, 0.5) is 0 Å². The number of pyridine rings is 1. The average molecular weight is 432 g/mol. The lowest BCUT2D eigenvalue weighted by atomic mass is 9.99. The second-order valence-electron chi connectivity index (χ2n) is 7.33. The summed E-state index contributed by atoms with van der Waals surface area (Å²) in [6.07, 6.45) is 0.745. The van der Waals surface area contributed by atoms with Crippen molar-refractivity contribution in [3.8, 4) is 5.75 Å². The molecule has 0 saturated carbocycles. The van der Waals surface area contributed by atoms with Gasteiger partial charge in [0.2, 0.25) is 0 Å². The number of carbonyl (C=O) groups excluding carboxylic acids is 1. The van der Waals surface area contributed by atoms with E-state index in [0.717, 1.165) is 44.6 Å². The van der Waals surface area contributed by atoms with Gasteiger partial charge in [0.15, 0.2) is 11.4 Å². The normalized spacial score (nSPS) is 10.8. The Bertz CT molecular complexity index is 1240. The van der Waals surface area contributed by atoms with E-state index in [0.29, 0.717) is 12.4 Å². The molecule has 0 aliphatic rings. The summed E-state index contributed by atoms with van der Waals surface area (Å²) in [5.74, 6) is -0.0818. The molecule has 0 N–H and O–H groups in total. The number of nitrogens with zero attached hydrogens (tertiary/aromatic N) is 1. The molecule has 0 atom stereocenters. The fourth-order valence-electron chi connectivity index (χ4n) is 3.60. The summed E-state index contributed by atoms with van der Waals surface area (Å²) in [5.41, 5.74) is 4.19. The Labute approximate surface area is 186 Å². The fraction of sp³-hybridized carbons (Fsp3) is 0.154. The van der Waals surface area contributed by atoms with Crippen molar-refractivity contribution in [1.29, 1.82) is 0 Å². The van der Waals surface area contributed by atoms with Crippen molar-refractivity contribution in [1.82, 2.24) is 4.98 Å². The van der Waals surface area contributed by atoms with E-state index in [9.17, 15) is 4.79 Å².